The molecule has 0 amide bonds. The summed E-state index contributed by atoms with van der Waals surface area (Å²) in [5.41, 5.74) is 4.13. The first kappa shape index (κ1) is 12.0. The van der Waals surface area contributed by atoms with Crippen LogP contribution in [0.2, 0.25) is 0 Å². The first-order valence-electron chi connectivity index (χ1n) is 5.51. The topological polar surface area (TPSA) is 12.9 Å². The SMILES string of the molecule is C/C=C\c1c(CC(C)(C)C)ccnc1C. The van der Waals surface area contributed by atoms with Crippen LogP contribution in [0.15, 0.2) is 18.3 Å². The highest BCUT2D eigenvalue weighted by Gasteiger charge is 2.14. The molecule has 0 bridgehead atoms. The molecule has 0 aliphatic rings. The molecule has 0 aliphatic carbocycles. The molecule has 0 N–H and O–H groups in total. The van der Waals surface area contributed by atoms with Crippen molar-refractivity contribution in [3.8, 4) is 0 Å². The van der Waals surface area contributed by atoms with Crippen LogP contribution < -0.4 is 0 Å². The van der Waals surface area contributed by atoms with Crippen molar-refractivity contribution in [2.24, 2.45) is 5.41 Å². The van der Waals surface area contributed by atoms with Crippen LogP contribution >= 0.6 is 0 Å². The summed E-state index contributed by atoms with van der Waals surface area (Å²) in [6.45, 7) is 10.9. The summed E-state index contributed by atoms with van der Waals surface area (Å²) in [6.07, 6.45) is 7.24. The molecule has 0 atom stereocenters. The molecule has 1 aromatic rings. The van der Waals surface area contributed by atoms with E-state index in [2.05, 4.69) is 50.9 Å². The van der Waals surface area contributed by atoms with E-state index >= 15 is 0 Å². The van der Waals surface area contributed by atoms with Crippen molar-refractivity contribution >= 4 is 6.08 Å². The van der Waals surface area contributed by atoms with Gasteiger partial charge in [-0.3, -0.25) is 4.98 Å². The van der Waals surface area contributed by atoms with Crippen molar-refractivity contribution < 1.29 is 0 Å². The molecule has 1 rings (SSSR count). The van der Waals surface area contributed by atoms with Crippen molar-refractivity contribution in [1.82, 2.24) is 4.98 Å². The van der Waals surface area contributed by atoms with Crippen molar-refractivity contribution in [3.05, 3.63) is 35.2 Å². The molecule has 0 unspecified atom stereocenters. The molecule has 15 heavy (non-hydrogen) atoms. The first-order valence-corrected chi connectivity index (χ1v) is 5.51. The summed E-state index contributed by atoms with van der Waals surface area (Å²) in [5, 5.41) is 0. The molecule has 0 saturated carbocycles. The van der Waals surface area contributed by atoms with E-state index in [1.54, 1.807) is 0 Å². The van der Waals surface area contributed by atoms with Gasteiger partial charge in [0.1, 0.15) is 0 Å². The maximum absolute atomic E-state index is 4.34. The Kier molecular flexibility index (Phi) is 3.67. The second-order valence-corrected chi connectivity index (χ2v) is 5.21. The third-order valence-electron chi connectivity index (χ3n) is 2.33. The minimum Gasteiger partial charge on any atom is -0.261 e. The van der Waals surface area contributed by atoms with Crippen LogP contribution in [0.5, 0.6) is 0 Å². The van der Waals surface area contributed by atoms with Crippen LogP contribution in [-0.2, 0) is 6.42 Å². The maximum Gasteiger partial charge on any atom is 0.0447 e. The number of hydrogen-bond acceptors (Lipinski definition) is 1. The number of nitrogens with zero attached hydrogens (tertiary/aromatic N) is 1. The summed E-state index contributed by atoms with van der Waals surface area (Å²) in [5.74, 6) is 0. The van der Waals surface area contributed by atoms with Gasteiger partial charge in [0.25, 0.3) is 0 Å². The molecular weight excluding hydrogens is 182 g/mol. The molecule has 0 fully saturated rings. The largest absolute Gasteiger partial charge is 0.261 e. The van der Waals surface area contributed by atoms with E-state index in [4.69, 9.17) is 0 Å². The summed E-state index contributed by atoms with van der Waals surface area (Å²) < 4.78 is 0. The van der Waals surface area contributed by atoms with Crippen LogP contribution in [0.3, 0.4) is 0 Å². The lowest BCUT2D eigenvalue weighted by atomic mass is 9.86. The van der Waals surface area contributed by atoms with Crippen LogP contribution in [-0.4, -0.2) is 4.98 Å². The molecule has 0 saturated heterocycles. The smallest absolute Gasteiger partial charge is 0.0447 e. The van der Waals surface area contributed by atoms with Gasteiger partial charge in [-0.1, -0.05) is 32.9 Å². The van der Waals surface area contributed by atoms with Crippen LogP contribution in [0.25, 0.3) is 6.08 Å². The normalized spacial score (nSPS) is 12.3. The molecule has 1 heterocycles. The van der Waals surface area contributed by atoms with Crippen molar-refractivity contribution in [2.75, 3.05) is 0 Å². The fourth-order valence-electron chi connectivity index (χ4n) is 1.75. The summed E-state index contributed by atoms with van der Waals surface area (Å²) in [7, 11) is 0. The Labute approximate surface area is 93.2 Å². The Hall–Kier alpha value is -1.11. The average Bonchev–Trinajstić information content (AvgIpc) is 2.08. The Morgan fingerprint density at radius 2 is 2.00 bits per heavy atom. The lowest BCUT2D eigenvalue weighted by molar-refractivity contribution is 0.410. The van der Waals surface area contributed by atoms with Gasteiger partial charge >= 0.3 is 0 Å². The number of aromatic nitrogens is 1. The predicted octanol–water partition coefficient (Wildman–Crippen LogP) is 4.01. The molecule has 1 nitrogen and oxygen atoms in total. The Balaban J connectivity index is 3.11. The number of rotatable bonds is 2. The number of aryl methyl sites for hydroxylation is 1. The van der Waals surface area contributed by atoms with Gasteiger partial charge in [-0.05, 0) is 42.9 Å². The van der Waals surface area contributed by atoms with Gasteiger partial charge in [0, 0.05) is 11.9 Å². The van der Waals surface area contributed by atoms with E-state index in [0.29, 0.717) is 5.41 Å². The summed E-state index contributed by atoms with van der Waals surface area (Å²) in [6, 6.07) is 2.13. The highest BCUT2D eigenvalue weighted by molar-refractivity contribution is 5.55. The second-order valence-electron chi connectivity index (χ2n) is 5.21. The molecule has 1 heteroatoms. The monoisotopic (exact) mass is 203 g/mol. The zero-order valence-electron chi connectivity index (χ0n) is 10.5. The molecule has 0 radical (unpaired) electrons. The first-order chi connectivity index (χ1) is 6.94. The van der Waals surface area contributed by atoms with E-state index < -0.39 is 0 Å². The predicted molar refractivity (Wildman–Crippen MR) is 66.8 cm³/mol. The highest BCUT2D eigenvalue weighted by atomic mass is 14.7. The van der Waals surface area contributed by atoms with E-state index in [9.17, 15) is 0 Å². The van der Waals surface area contributed by atoms with Gasteiger partial charge in [0.05, 0.1) is 0 Å². The highest BCUT2D eigenvalue weighted by Crippen LogP contribution is 2.24. The van der Waals surface area contributed by atoms with E-state index in [0.717, 1.165) is 12.1 Å². The van der Waals surface area contributed by atoms with Crippen LogP contribution in [0.4, 0.5) is 0 Å². The average molecular weight is 203 g/mol. The summed E-state index contributed by atoms with van der Waals surface area (Å²) in [4.78, 5) is 4.34. The molecule has 0 aromatic carbocycles. The molecule has 0 spiro atoms. The fourth-order valence-corrected chi connectivity index (χ4v) is 1.75. The standard InChI is InChI=1S/C14H21N/c1-6-7-13-11(2)15-9-8-12(13)10-14(3,4)5/h6-9H,10H2,1-5H3/b7-6-. The Morgan fingerprint density at radius 3 is 2.53 bits per heavy atom. The summed E-state index contributed by atoms with van der Waals surface area (Å²) >= 11 is 0. The Morgan fingerprint density at radius 1 is 1.33 bits per heavy atom. The van der Waals surface area contributed by atoms with E-state index in [-0.39, 0.29) is 0 Å². The zero-order valence-corrected chi connectivity index (χ0v) is 10.5. The van der Waals surface area contributed by atoms with Gasteiger partial charge < -0.3 is 0 Å². The zero-order chi connectivity index (χ0) is 11.5. The third-order valence-corrected chi connectivity index (χ3v) is 2.33. The fraction of sp³-hybridized carbons (Fsp3) is 0.500. The quantitative estimate of drug-likeness (QED) is 0.707. The van der Waals surface area contributed by atoms with Gasteiger partial charge in [-0.15, -0.1) is 0 Å². The van der Waals surface area contributed by atoms with Gasteiger partial charge in [-0.25, -0.2) is 0 Å². The van der Waals surface area contributed by atoms with Gasteiger partial charge in [0.15, 0.2) is 0 Å². The second kappa shape index (κ2) is 4.61. The molecule has 82 valence electrons. The van der Waals surface area contributed by atoms with Crippen LogP contribution in [0.1, 0.15) is 44.5 Å². The van der Waals surface area contributed by atoms with Gasteiger partial charge in [0.2, 0.25) is 0 Å². The van der Waals surface area contributed by atoms with Crippen molar-refractivity contribution in [2.45, 2.75) is 41.0 Å². The van der Waals surface area contributed by atoms with Gasteiger partial charge in [-0.2, -0.15) is 0 Å². The number of hydrogen-bond donors (Lipinski definition) is 0. The van der Waals surface area contributed by atoms with Crippen LogP contribution in [0, 0.1) is 12.3 Å². The Bertz CT molecular complexity index is 356. The number of allylic oxidation sites excluding steroid dienone is 1. The number of pyridine rings is 1. The lowest BCUT2D eigenvalue weighted by Crippen LogP contribution is -2.11. The van der Waals surface area contributed by atoms with E-state index in [1.807, 2.05) is 13.1 Å². The molecule has 1 aromatic heterocycles. The van der Waals surface area contributed by atoms with Crippen molar-refractivity contribution in [3.63, 3.8) is 0 Å². The third kappa shape index (κ3) is 3.50. The molecular formula is C14H21N. The minimum absolute atomic E-state index is 0.324. The lowest BCUT2D eigenvalue weighted by Gasteiger charge is -2.20. The molecule has 0 aliphatic heterocycles. The van der Waals surface area contributed by atoms with E-state index in [1.165, 1.54) is 11.1 Å². The minimum atomic E-state index is 0.324. The maximum atomic E-state index is 4.34. The van der Waals surface area contributed by atoms with Crippen molar-refractivity contribution in [1.29, 1.82) is 0 Å².